The predicted octanol–water partition coefficient (Wildman–Crippen LogP) is 2.40. The molecule has 0 bridgehead atoms. The minimum Gasteiger partial charge on any atom is -0.107 e. The van der Waals surface area contributed by atoms with Gasteiger partial charge in [-0.25, -0.2) is 0 Å². The van der Waals surface area contributed by atoms with Gasteiger partial charge >= 0.3 is 0 Å². The molecule has 6 heavy (non-hydrogen) atoms. The Bertz CT molecular complexity index is 55.0. The molecule has 0 unspecified atom stereocenters. The molecule has 0 aromatic rings. The first kappa shape index (κ1) is 5.83. The van der Waals surface area contributed by atoms with Gasteiger partial charge in [0, 0.05) is 0 Å². The van der Waals surface area contributed by atoms with Crippen LogP contribution in [-0.4, -0.2) is 0 Å². The highest BCUT2D eigenvalue weighted by atomic mass is 32.2. The SMILES string of the molecule is C=CS/C=C\C. The van der Waals surface area contributed by atoms with Gasteiger partial charge in [-0.15, -0.1) is 11.8 Å². The Hall–Kier alpha value is -0.170. The molecule has 34 valence electrons. The maximum absolute atomic E-state index is 3.51. The fraction of sp³-hybridized carbons (Fsp3) is 0.200. The van der Waals surface area contributed by atoms with E-state index in [1.807, 2.05) is 18.4 Å². The third-order valence-electron chi connectivity index (χ3n) is 0.311. The maximum atomic E-state index is 3.51. The van der Waals surface area contributed by atoms with Crippen LogP contribution in [0.25, 0.3) is 0 Å². The minimum atomic E-state index is 1.59. The Morgan fingerprint density at radius 2 is 2.33 bits per heavy atom. The molecule has 0 N–H and O–H groups in total. The molecule has 0 atom stereocenters. The molecular formula is C5H8S. The van der Waals surface area contributed by atoms with E-state index in [1.54, 1.807) is 17.2 Å². The second kappa shape index (κ2) is 4.83. The van der Waals surface area contributed by atoms with E-state index in [0.717, 1.165) is 0 Å². The van der Waals surface area contributed by atoms with Gasteiger partial charge in [-0.05, 0) is 17.7 Å². The summed E-state index contributed by atoms with van der Waals surface area (Å²) in [5.41, 5.74) is 0. The molecule has 0 spiro atoms. The summed E-state index contributed by atoms with van der Waals surface area (Å²) in [6, 6.07) is 0. The van der Waals surface area contributed by atoms with Crippen LogP contribution in [0.1, 0.15) is 6.92 Å². The standard InChI is InChI=1S/C5H8S/c1-3-5-6-4-2/h3-5H,2H2,1H3/b5-3-. The molecule has 0 fully saturated rings. The van der Waals surface area contributed by atoms with Crippen LogP contribution < -0.4 is 0 Å². The van der Waals surface area contributed by atoms with Gasteiger partial charge in [-0.3, -0.25) is 0 Å². The van der Waals surface area contributed by atoms with Crippen LogP contribution in [0.4, 0.5) is 0 Å². The summed E-state index contributed by atoms with van der Waals surface area (Å²) in [5.74, 6) is 0. The number of hydrogen-bond donors (Lipinski definition) is 0. The zero-order valence-electron chi connectivity index (χ0n) is 3.85. The fourth-order valence-electron chi connectivity index (χ4n) is 0.134. The van der Waals surface area contributed by atoms with E-state index < -0.39 is 0 Å². The molecule has 0 aromatic carbocycles. The van der Waals surface area contributed by atoms with Crippen LogP contribution in [0.5, 0.6) is 0 Å². The molecule has 0 saturated carbocycles. The van der Waals surface area contributed by atoms with E-state index in [-0.39, 0.29) is 0 Å². The van der Waals surface area contributed by atoms with Crippen molar-refractivity contribution in [2.75, 3.05) is 0 Å². The van der Waals surface area contributed by atoms with Gasteiger partial charge < -0.3 is 0 Å². The number of rotatable bonds is 2. The number of hydrogen-bond acceptors (Lipinski definition) is 1. The van der Waals surface area contributed by atoms with Crippen LogP contribution in [0.2, 0.25) is 0 Å². The summed E-state index contributed by atoms with van der Waals surface area (Å²) >= 11 is 1.59. The molecule has 0 aliphatic carbocycles. The average Bonchev–Trinajstić information content (AvgIpc) is 1.61. The molecule has 1 heteroatoms. The van der Waals surface area contributed by atoms with Crippen molar-refractivity contribution in [3.63, 3.8) is 0 Å². The second-order valence-corrected chi connectivity index (χ2v) is 1.65. The van der Waals surface area contributed by atoms with Gasteiger partial charge in [0.15, 0.2) is 0 Å². The molecule has 0 nitrogen and oxygen atoms in total. The smallest absolute Gasteiger partial charge is 0.0291 e. The lowest BCUT2D eigenvalue weighted by molar-refractivity contribution is 1.79. The Morgan fingerprint density at radius 1 is 1.67 bits per heavy atom. The first-order valence-electron chi connectivity index (χ1n) is 1.79. The van der Waals surface area contributed by atoms with Crippen molar-refractivity contribution >= 4 is 11.8 Å². The molecule has 0 radical (unpaired) electrons. The monoisotopic (exact) mass is 100 g/mol. The van der Waals surface area contributed by atoms with Crippen molar-refractivity contribution in [1.29, 1.82) is 0 Å². The Labute approximate surface area is 42.9 Å². The Morgan fingerprint density at radius 3 is 2.50 bits per heavy atom. The second-order valence-electron chi connectivity index (χ2n) is 0.772. The first-order chi connectivity index (χ1) is 2.91. The lowest BCUT2D eigenvalue weighted by atomic mass is 10.8. The lowest BCUT2D eigenvalue weighted by Gasteiger charge is -1.70. The van der Waals surface area contributed by atoms with E-state index in [2.05, 4.69) is 6.58 Å². The molecule has 0 aliphatic heterocycles. The summed E-state index contributed by atoms with van der Waals surface area (Å²) < 4.78 is 0. The van der Waals surface area contributed by atoms with E-state index in [4.69, 9.17) is 0 Å². The largest absolute Gasteiger partial charge is 0.107 e. The zero-order chi connectivity index (χ0) is 4.83. The first-order valence-corrected chi connectivity index (χ1v) is 2.73. The van der Waals surface area contributed by atoms with Crippen LogP contribution in [-0.2, 0) is 0 Å². The van der Waals surface area contributed by atoms with Gasteiger partial charge in [0.1, 0.15) is 0 Å². The molecular weight excluding hydrogens is 92.1 g/mol. The highest BCUT2D eigenvalue weighted by Crippen LogP contribution is 1.99. The van der Waals surface area contributed by atoms with Crippen molar-refractivity contribution in [2.45, 2.75) is 6.92 Å². The fourth-order valence-corrected chi connectivity index (χ4v) is 0.402. The lowest BCUT2D eigenvalue weighted by Crippen LogP contribution is -1.34. The summed E-state index contributed by atoms with van der Waals surface area (Å²) in [4.78, 5) is 0. The van der Waals surface area contributed by atoms with Crippen LogP contribution in [0.15, 0.2) is 23.5 Å². The molecule has 0 aliphatic rings. The van der Waals surface area contributed by atoms with Crippen molar-refractivity contribution in [3.05, 3.63) is 23.5 Å². The summed E-state index contributed by atoms with van der Waals surface area (Å²) in [6.07, 6.45) is 1.98. The van der Waals surface area contributed by atoms with Crippen molar-refractivity contribution in [1.82, 2.24) is 0 Å². The topological polar surface area (TPSA) is 0 Å². The minimum absolute atomic E-state index is 1.59. The molecule has 0 heterocycles. The van der Waals surface area contributed by atoms with Crippen LogP contribution >= 0.6 is 11.8 Å². The molecule has 0 aromatic heterocycles. The highest BCUT2D eigenvalue weighted by molar-refractivity contribution is 8.04. The number of allylic oxidation sites excluding steroid dienone is 1. The average molecular weight is 100 g/mol. The molecule has 0 saturated heterocycles. The summed E-state index contributed by atoms with van der Waals surface area (Å²) in [6.45, 7) is 5.49. The molecule has 0 amide bonds. The summed E-state index contributed by atoms with van der Waals surface area (Å²) in [7, 11) is 0. The van der Waals surface area contributed by atoms with Crippen molar-refractivity contribution < 1.29 is 0 Å². The van der Waals surface area contributed by atoms with Gasteiger partial charge in [-0.2, -0.15) is 0 Å². The van der Waals surface area contributed by atoms with Crippen LogP contribution in [0, 0.1) is 0 Å². The van der Waals surface area contributed by atoms with E-state index in [1.165, 1.54) is 0 Å². The van der Waals surface area contributed by atoms with Crippen molar-refractivity contribution in [2.24, 2.45) is 0 Å². The van der Waals surface area contributed by atoms with Crippen molar-refractivity contribution in [3.8, 4) is 0 Å². The van der Waals surface area contributed by atoms with Gasteiger partial charge in [0.25, 0.3) is 0 Å². The third-order valence-corrected chi connectivity index (χ3v) is 0.933. The van der Waals surface area contributed by atoms with E-state index in [0.29, 0.717) is 0 Å². The Balaban J connectivity index is 2.85. The van der Waals surface area contributed by atoms with E-state index in [9.17, 15) is 0 Å². The Kier molecular flexibility index (Phi) is 4.69. The van der Waals surface area contributed by atoms with Gasteiger partial charge in [0.05, 0.1) is 0 Å². The normalized spacial score (nSPS) is 9.50. The quantitative estimate of drug-likeness (QED) is 0.513. The predicted molar refractivity (Wildman–Crippen MR) is 32.6 cm³/mol. The van der Waals surface area contributed by atoms with E-state index >= 15 is 0 Å². The maximum Gasteiger partial charge on any atom is -0.0291 e. The van der Waals surface area contributed by atoms with Gasteiger partial charge in [0.2, 0.25) is 0 Å². The number of thioether (sulfide) groups is 1. The third kappa shape index (κ3) is 3.83. The highest BCUT2D eigenvalue weighted by Gasteiger charge is 1.57. The summed E-state index contributed by atoms with van der Waals surface area (Å²) in [5, 5.41) is 3.77. The molecule has 0 rings (SSSR count). The van der Waals surface area contributed by atoms with Crippen LogP contribution in [0.3, 0.4) is 0 Å². The van der Waals surface area contributed by atoms with Gasteiger partial charge in [-0.1, -0.05) is 12.7 Å². The zero-order valence-corrected chi connectivity index (χ0v) is 4.66.